The summed E-state index contributed by atoms with van der Waals surface area (Å²) < 4.78 is 14.6. The molecule has 0 bridgehead atoms. The number of anilines is 1. The molecule has 2 nitrogen and oxygen atoms in total. The largest absolute Gasteiger partial charge is 0.384 e. The maximum absolute atomic E-state index is 14.1. The Kier molecular flexibility index (Phi) is 3.52. The Hall–Kier alpha value is -1.39. The van der Waals surface area contributed by atoms with Crippen LogP contribution in [0.15, 0.2) is 40.9 Å². The summed E-state index contributed by atoms with van der Waals surface area (Å²) in [6.07, 6.45) is 0. The van der Waals surface area contributed by atoms with Crippen molar-refractivity contribution in [3.63, 3.8) is 0 Å². The Labute approximate surface area is 129 Å². The van der Waals surface area contributed by atoms with Crippen LogP contribution in [0.1, 0.15) is 21.8 Å². The Balaban J connectivity index is 2.01. The number of benzene rings is 2. The molecule has 1 aliphatic heterocycles. The summed E-state index contributed by atoms with van der Waals surface area (Å²) in [4.78, 5) is 12.5. The molecular formula is C15H10BrClFNO. The van der Waals surface area contributed by atoms with E-state index in [2.05, 4.69) is 21.2 Å². The Bertz CT molecular complexity index is 704. The number of nitrogens with one attached hydrogen (secondary N) is 1. The second kappa shape index (κ2) is 5.19. The fraction of sp³-hybridized carbons (Fsp3) is 0.133. The predicted molar refractivity (Wildman–Crippen MR) is 81.1 cm³/mol. The van der Waals surface area contributed by atoms with E-state index in [1.807, 2.05) is 24.3 Å². The molecule has 20 heavy (non-hydrogen) atoms. The van der Waals surface area contributed by atoms with Crippen molar-refractivity contribution < 1.29 is 9.18 Å². The lowest BCUT2D eigenvalue weighted by Gasteiger charge is -2.11. The number of hydrogen-bond acceptors (Lipinski definition) is 2. The minimum atomic E-state index is -0.671. The average Bonchev–Trinajstić information content (AvgIpc) is 2.88. The molecule has 1 atom stereocenters. The van der Waals surface area contributed by atoms with Crippen molar-refractivity contribution in [2.45, 2.75) is 5.92 Å². The maximum Gasteiger partial charge on any atom is 0.175 e. The summed E-state index contributed by atoms with van der Waals surface area (Å²) in [5, 5.41) is 3.10. The van der Waals surface area contributed by atoms with Gasteiger partial charge in [0, 0.05) is 16.7 Å². The van der Waals surface area contributed by atoms with E-state index in [1.165, 1.54) is 6.07 Å². The zero-order valence-electron chi connectivity index (χ0n) is 10.3. The van der Waals surface area contributed by atoms with E-state index in [0.29, 0.717) is 11.0 Å². The van der Waals surface area contributed by atoms with E-state index in [0.717, 1.165) is 11.3 Å². The number of carbonyl (C=O) groups is 1. The van der Waals surface area contributed by atoms with Gasteiger partial charge in [0.2, 0.25) is 0 Å². The molecule has 102 valence electrons. The predicted octanol–water partition coefficient (Wildman–Crippen LogP) is 4.63. The van der Waals surface area contributed by atoms with Crippen molar-refractivity contribution in [2.24, 2.45) is 0 Å². The zero-order chi connectivity index (χ0) is 14.3. The van der Waals surface area contributed by atoms with E-state index < -0.39 is 5.82 Å². The Morgan fingerprint density at radius 2 is 2.05 bits per heavy atom. The molecule has 2 aromatic carbocycles. The van der Waals surface area contributed by atoms with Crippen LogP contribution in [0.3, 0.4) is 0 Å². The van der Waals surface area contributed by atoms with Crippen LogP contribution in [0.25, 0.3) is 0 Å². The molecule has 3 rings (SSSR count). The number of ketones is 1. The fourth-order valence-electron chi connectivity index (χ4n) is 2.42. The van der Waals surface area contributed by atoms with E-state index in [-0.39, 0.29) is 22.3 Å². The van der Waals surface area contributed by atoms with Gasteiger partial charge in [-0.1, -0.05) is 29.8 Å². The van der Waals surface area contributed by atoms with Gasteiger partial charge in [0.1, 0.15) is 0 Å². The number of rotatable bonds is 2. The molecule has 0 fully saturated rings. The van der Waals surface area contributed by atoms with Crippen LogP contribution in [-0.4, -0.2) is 12.3 Å². The monoisotopic (exact) mass is 353 g/mol. The van der Waals surface area contributed by atoms with Gasteiger partial charge in [0.15, 0.2) is 11.6 Å². The van der Waals surface area contributed by atoms with Crippen molar-refractivity contribution in [3.05, 3.63) is 62.8 Å². The first kappa shape index (κ1) is 13.6. The van der Waals surface area contributed by atoms with Gasteiger partial charge in [-0.25, -0.2) is 4.39 Å². The second-order valence-electron chi connectivity index (χ2n) is 4.61. The standard InChI is InChI=1S/C15H10BrClFNO/c16-11-6-5-9(14(18)13(11)17)15(20)10-7-19-12-4-2-1-3-8(10)12/h1-6,10,19H,7H2. The van der Waals surface area contributed by atoms with Crippen LogP contribution >= 0.6 is 27.5 Å². The second-order valence-corrected chi connectivity index (χ2v) is 5.84. The van der Waals surface area contributed by atoms with Crippen LogP contribution in [0, 0.1) is 5.82 Å². The van der Waals surface area contributed by atoms with Crippen molar-refractivity contribution in [2.75, 3.05) is 11.9 Å². The highest BCUT2D eigenvalue weighted by Gasteiger charge is 2.31. The highest BCUT2D eigenvalue weighted by atomic mass is 79.9. The highest BCUT2D eigenvalue weighted by molar-refractivity contribution is 9.10. The molecule has 0 radical (unpaired) electrons. The average molecular weight is 355 g/mol. The lowest BCUT2D eigenvalue weighted by molar-refractivity contribution is 0.0962. The molecule has 5 heteroatoms. The van der Waals surface area contributed by atoms with Crippen LogP contribution in [0.5, 0.6) is 0 Å². The van der Waals surface area contributed by atoms with E-state index in [9.17, 15) is 9.18 Å². The van der Waals surface area contributed by atoms with Gasteiger partial charge in [-0.15, -0.1) is 0 Å². The van der Waals surface area contributed by atoms with E-state index in [1.54, 1.807) is 6.07 Å². The quantitative estimate of drug-likeness (QED) is 0.629. The summed E-state index contributed by atoms with van der Waals surface area (Å²) in [6.45, 7) is 0.477. The molecule has 0 amide bonds. The van der Waals surface area contributed by atoms with Crippen molar-refractivity contribution in [1.82, 2.24) is 0 Å². The molecule has 2 aromatic rings. The van der Waals surface area contributed by atoms with E-state index >= 15 is 0 Å². The molecule has 0 spiro atoms. The number of Topliss-reactive ketones (excluding diaryl/α,β-unsaturated/α-hetero) is 1. The van der Waals surface area contributed by atoms with Gasteiger partial charge in [0.05, 0.1) is 16.5 Å². The van der Waals surface area contributed by atoms with Gasteiger partial charge < -0.3 is 5.32 Å². The van der Waals surface area contributed by atoms with Gasteiger partial charge >= 0.3 is 0 Å². The minimum Gasteiger partial charge on any atom is -0.384 e. The zero-order valence-corrected chi connectivity index (χ0v) is 12.6. The number of halogens is 3. The van der Waals surface area contributed by atoms with Crippen molar-refractivity contribution >= 4 is 39.0 Å². The number of carbonyl (C=O) groups excluding carboxylic acids is 1. The first-order valence-corrected chi connectivity index (χ1v) is 7.27. The molecule has 0 aromatic heterocycles. The normalized spacial score (nSPS) is 16.6. The van der Waals surface area contributed by atoms with Crippen LogP contribution in [-0.2, 0) is 0 Å². The lowest BCUT2D eigenvalue weighted by atomic mass is 9.92. The topological polar surface area (TPSA) is 29.1 Å². The third kappa shape index (κ3) is 2.13. The first-order chi connectivity index (χ1) is 9.59. The number of fused-ring (bicyclic) bond motifs is 1. The molecule has 1 unspecified atom stereocenters. The SMILES string of the molecule is O=C(c1ccc(Br)c(Cl)c1F)C1CNc2ccccc21. The highest BCUT2D eigenvalue weighted by Crippen LogP contribution is 2.35. The van der Waals surface area contributed by atoms with E-state index in [4.69, 9.17) is 11.6 Å². The summed E-state index contributed by atoms with van der Waals surface area (Å²) >= 11 is 8.99. The minimum absolute atomic E-state index is 0.0294. The summed E-state index contributed by atoms with van der Waals surface area (Å²) in [5.74, 6) is -1.30. The third-order valence-electron chi connectivity index (χ3n) is 3.45. The molecule has 0 saturated carbocycles. The van der Waals surface area contributed by atoms with Crippen molar-refractivity contribution in [3.8, 4) is 0 Å². The summed E-state index contributed by atoms with van der Waals surface area (Å²) in [5.41, 5.74) is 1.85. The molecule has 1 N–H and O–H groups in total. The van der Waals surface area contributed by atoms with Gasteiger partial charge in [-0.05, 0) is 39.7 Å². The lowest BCUT2D eigenvalue weighted by Crippen LogP contribution is -2.16. The van der Waals surface area contributed by atoms with Gasteiger partial charge in [-0.3, -0.25) is 4.79 Å². The van der Waals surface area contributed by atoms with Crippen LogP contribution in [0.2, 0.25) is 5.02 Å². The Morgan fingerprint density at radius 3 is 2.85 bits per heavy atom. The van der Waals surface area contributed by atoms with Crippen molar-refractivity contribution in [1.29, 1.82) is 0 Å². The van der Waals surface area contributed by atoms with Gasteiger partial charge in [0.25, 0.3) is 0 Å². The Morgan fingerprint density at radius 1 is 1.30 bits per heavy atom. The third-order valence-corrected chi connectivity index (χ3v) is 4.71. The van der Waals surface area contributed by atoms with Gasteiger partial charge in [-0.2, -0.15) is 0 Å². The molecule has 0 saturated heterocycles. The summed E-state index contributed by atoms with van der Waals surface area (Å²) in [7, 11) is 0. The number of para-hydroxylation sites is 1. The molecule has 1 aliphatic rings. The molecule has 1 heterocycles. The number of hydrogen-bond donors (Lipinski definition) is 1. The first-order valence-electron chi connectivity index (χ1n) is 6.10. The maximum atomic E-state index is 14.1. The molecule has 0 aliphatic carbocycles. The smallest absolute Gasteiger partial charge is 0.175 e. The van der Waals surface area contributed by atoms with Crippen LogP contribution < -0.4 is 5.32 Å². The summed E-state index contributed by atoms with van der Waals surface area (Å²) in [6, 6.07) is 10.6. The fourth-order valence-corrected chi connectivity index (χ4v) is 2.89. The van der Waals surface area contributed by atoms with Crippen LogP contribution in [0.4, 0.5) is 10.1 Å². The molecular weight excluding hydrogens is 345 g/mol.